The van der Waals surface area contributed by atoms with E-state index in [1.54, 1.807) is 6.07 Å². The number of rotatable bonds is 28. The number of hydrogen-bond donors (Lipinski definition) is 4. The molecule has 56 heavy (non-hydrogen) atoms. The van der Waals surface area contributed by atoms with Gasteiger partial charge in [-0.3, -0.25) is 9.05 Å². The van der Waals surface area contributed by atoms with Crippen molar-refractivity contribution in [3.8, 4) is 6.07 Å². The van der Waals surface area contributed by atoms with Crippen molar-refractivity contribution in [1.29, 1.82) is 5.26 Å². The lowest BCUT2D eigenvalue weighted by molar-refractivity contribution is -0.110. The summed E-state index contributed by atoms with van der Waals surface area (Å²) in [5.74, 6) is 0.140. The summed E-state index contributed by atoms with van der Waals surface area (Å²) < 4.78 is 43.3. The van der Waals surface area contributed by atoms with E-state index < -0.39 is 49.5 Å². The van der Waals surface area contributed by atoms with Crippen LogP contribution < -0.4 is 5.73 Å². The fourth-order valence-electron chi connectivity index (χ4n) is 7.57. The number of benzene rings is 1. The van der Waals surface area contributed by atoms with Crippen LogP contribution in [0.3, 0.4) is 0 Å². The van der Waals surface area contributed by atoms with E-state index in [0.717, 1.165) is 24.8 Å². The van der Waals surface area contributed by atoms with Gasteiger partial charge < -0.3 is 35.1 Å². The number of anilines is 1. The minimum Gasteiger partial charge on any atom is -0.385 e. The molecular formula is C41H62N5O9P. The van der Waals surface area contributed by atoms with Crippen LogP contribution in [0.4, 0.5) is 5.82 Å². The van der Waals surface area contributed by atoms with E-state index in [4.69, 9.17) is 29.0 Å². The lowest BCUT2D eigenvalue weighted by Gasteiger charge is -2.30. The normalized spacial score (nSPS) is 25.1. The molecule has 1 saturated carbocycles. The maximum absolute atomic E-state index is 13.2. The Morgan fingerprint density at radius 2 is 1.55 bits per heavy atom. The number of aliphatic hydroxyl groups is 2. The number of ether oxygens (including phenoxy) is 3. The molecular weight excluding hydrogens is 737 g/mol. The van der Waals surface area contributed by atoms with Gasteiger partial charge in [0.25, 0.3) is 0 Å². The fraction of sp³-hybridized carbons (Fsp3) is 0.683. The van der Waals surface area contributed by atoms with E-state index in [-0.39, 0.29) is 24.7 Å². The van der Waals surface area contributed by atoms with E-state index in [9.17, 15) is 24.9 Å². The number of fused-ring (bicyclic) bond motifs is 2. The third kappa shape index (κ3) is 11.2. The summed E-state index contributed by atoms with van der Waals surface area (Å²) in [7, 11) is -4.83. The average Bonchev–Trinajstić information content (AvgIpc) is 3.43. The van der Waals surface area contributed by atoms with Gasteiger partial charge >= 0.3 is 7.82 Å². The van der Waals surface area contributed by atoms with Gasteiger partial charge in [0.15, 0.2) is 11.4 Å². The van der Waals surface area contributed by atoms with Crippen molar-refractivity contribution in [2.45, 2.75) is 165 Å². The molecule has 1 aliphatic heterocycles. The topological polar surface area (TPSA) is 204 Å². The molecule has 1 aromatic carbocycles. The molecule has 2 fully saturated rings. The molecule has 2 aliphatic rings. The largest absolute Gasteiger partial charge is 0.472 e. The molecule has 3 heterocycles. The van der Waals surface area contributed by atoms with Crippen molar-refractivity contribution >= 4 is 19.2 Å². The molecule has 8 atom stereocenters. The summed E-state index contributed by atoms with van der Waals surface area (Å²) in [4.78, 5) is 14.7. The third-order valence-electron chi connectivity index (χ3n) is 11.1. The predicted molar refractivity (Wildman–Crippen MR) is 211 cm³/mol. The maximum Gasteiger partial charge on any atom is 0.472 e. The Morgan fingerprint density at radius 1 is 0.946 bits per heavy atom. The van der Waals surface area contributed by atoms with Crippen LogP contribution in [-0.2, 0) is 40.0 Å². The van der Waals surface area contributed by atoms with Crippen molar-refractivity contribution in [2.24, 2.45) is 0 Å². The maximum atomic E-state index is 13.2. The molecule has 5 N–H and O–H groups in total. The minimum atomic E-state index is -4.83. The molecule has 310 valence electrons. The molecule has 0 amide bonds. The molecule has 2 unspecified atom stereocenters. The summed E-state index contributed by atoms with van der Waals surface area (Å²) in [6.07, 6.45) is 15.9. The smallest absolute Gasteiger partial charge is 0.385 e. The first-order valence-electron chi connectivity index (χ1n) is 20.6. The summed E-state index contributed by atoms with van der Waals surface area (Å²) in [5, 5.41) is 36.9. The molecule has 1 saturated heterocycles. The first kappa shape index (κ1) is 44.1. The van der Waals surface area contributed by atoms with Gasteiger partial charge in [-0.2, -0.15) is 10.4 Å². The van der Waals surface area contributed by atoms with Crippen molar-refractivity contribution in [1.82, 2.24) is 14.6 Å². The van der Waals surface area contributed by atoms with Gasteiger partial charge in [0.05, 0.1) is 25.0 Å². The van der Waals surface area contributed by atoms with Crippen LogP contribution >= 0.6 is 7.82 Å². The van der Waals surface area contributed by atoms with Crippen LogP contribution in [-0.4, -0.2) is 79.0 Å². The van der Waals surface area contributed by atoms with E-state index in [1.165, 1.54) is 100 Å². The lowest BCUT2D eigenvalue weighted by atomic mass is 9.90. The van der Waals surface area contributed by atoms with Crippen molar-refractivity contribution in [3.05, 3.63) is 60.0 Å². The van der Waals surface area contributed by atoms with Gasteiger partial charge in [-0.1, -0.05) is 134 Å². The van der Waals surface area contributed by atoms with E-state index >= 15 is 0 Å². The Balaban J connectivity index is 1.03. The molecule has 3 aromatic rings. The highest BCUT2D eigenvalue weighted by Crippen LogP contribution is 2.63. The van der Waals surface area contributed by atoms with Gasteiger partial charge in [0, 0.05) is 6.61 Å². The second-order valence-corrected chi connectivity index (χ2v) is 16.7. The van der Waals surface area contributed by atoms with Crippen LogP contribution in [0, 0.1) is 11.3 Å². The molecule has 14 nitrogen and oxygen atoms in total. The summed E-state index contributed by atoms with van der Waals surface area (Å²) in [6, 6.07) is 14.5. The summed E-state index contributed by atoms with van der Waals surface area (Å²) >= 11 is 0. The zero-order chi connectivity index (χ0) is 40.0. The van der Waals surface area contributed by atoms with Gasteiger partial charge in [-0.25, -0.2) is 14.1 Å². The van der Waals surface area contributed by atoms with Gasteiger partial charge in [0.2, 0.25) is 5.60 Å². The predicted octanol–water partition coefficient (Wildman–Crippen LogP) is 7.29. The molecule has 15 heteroatoms. The van der Waals surface area contributed by atoms with Gasteiger partial charge in [-0.15, -0.1) is 0 Å². The van der Waals surface area contributed by atoms with Crippen molar-refractivity contribution in [2.75, 3.05) is 18.9 Å². The third-order valence-corrected chi connectivity index (χ3v) is 12.1. The molecule has 2 aromatic heterocycles. The SMILES string of the molecule is CCCCCCCCCCCCCCCCCCO[C@@H](C)[C@H](COP(=O)(O)OC1[C@H]2O[C@@](C#N)(c3ccc4c(N)ncnn34)[C@H](O)[C@@]12O)OCc1ccccc1. The lowest BCUT2D eigenvalue weighted by Crippen LogP contribution is -2.47. The van der Waals surface area contributed by atoms with Crippen LogP contribution in [0.1, 0.15) is 128 Å². The van der Waals surface area contributed by atoms with E-state index in [1.807, 2.05) is 43.3 Å². The number of nitrogen functional groups attached to an aromatic ring is 1. The van der Waals surface area contributed by atoms with E-state index in [2.05, 4.69) is 17.0 Å². The van der Waals surface area contributed by atoms with E-state index in [0.29, 0.717) is 12.1 Å². The number of phosphoric acid groups is 1. The van der Waals surface area contributed by atoms with Crippen LogP contribution in [0.25, 0.3) is 5.52 Å². The average molecular weight is 800 g/mol. The van der Waals surface area contributed by atoms with Crippen LogP contribution in [0.5, 0.6) is 0 Å². The van der Waals surface area contributed by atoms with Crippen LogP contribution in [0.15, 0.2) is 48.8 Å². The first-order valence-corrected chi connectivity index (χ1v) is 22.1. The van der Waals surface area contributed by atoms with Gasteiger partial charge in [-0.05, 0) is 31.0 Å². The Labute approximate surface area is 331 Å². The number of hydrogen-bond acceptors (Lipinski definition) is 12. The number of unbranched alkanes of at least 4 members (excludes halogenated alkanes) is 15. The second-order valence-electron chi connectivity index (χ2n) is 15.3. The quantitative estimate of drug-likeness (QED) is 0.0421. The highest BCUT2D eigenvalue weighted by atomic mass is 31.2. The molecule has 0 bridgehead atoms. The zero-order valence-electron chi connectivity index (χ0n) is 33.0. The van der Waals surface area contributed by atoms with Gasteiger partial charge in [0.1, 0.15) is 42.3 Å². The number of aromatic nitrogens is 3. The molecule has 0 radical (unpaired) electrons. The summed E-state index contributed by atoms with van der Waals surface area (Å²) in [6.45, 7) is 4.49. The number of nitrogens with two attached hydrogens (primary N) is 1. The Morgan fingerprint density at radius 3 is 2.12 bits per heavy atom. The second kappa shape index (κ2) is 21.2. The zero-order valence-corrected chi connectivity index (χ0v) is 33.9. The number of phosphoric ester groups is 1. The van der Waals surface area contributed by atoms with Crippen LogP contribution in [0.2, 0.25) is 0 Å². The Bertz CT molecular complexity index is 1730. The highest BCUT2D eigenvalue weighted by molar-refractivity contribution is 7.47. The molecule has 0 spiro atoms. The monoisotopic (exact) mass is 799 g/mol. The fourth-order valence-corrected chi connectivity index (χ4v) is 8.54. The molecule has 1 aliphatic carbocycles. The standard InChI is InChI=1S/C41H62N5O9P/c1-3-4-5-6-7-8-9-10-11-12-13-14-15-16-17-21-26-51-31(2)34(52-27-32-22-19-18-20-23-32)28-53-56(49,50)55-37-36-41(37,48)39(47)40(29-42,54-36)35-25-24-33-38(43)44-30-45-46(33)35/h18-20,22-25,30-31,34,36-37,39,47-48H,3-17,21,26-28H2,1-2H3,(H,49,50)(H2,43,44,45)/t31-,34-,36+,37?,39-,40-,41-/m0/s1. The van der Waals surface area contributed by atoms with Crippen molar-refractivity contribution < 1.29 is 42.9 Å². The number of nitrogens with zero attached hydrogens (tertiary/aromatic N) is 4. The minimum absolute atomic E-state index is 0.103. The number of aliphatic hydroxyl groups excluding tert-OH is 1. The first-order chi connectivity index (χ1) is 27.1. The molecule has 5 rings (SSSR count). The summed E-state index contributed by atoms with van der Waals surface area (Å²) in [5.41, 5.74) is 3.07. The Kier molecular flexibility index (Phi) is 16.7. The number of nitriles is 1. The Hall–Kier alpha value is -2.96. The highest BCUT2D eigenvalue weighted by Gasteiger charge is 2.83. The van der Waals surface area contributed by atoms with Crippen molar-refractivity contribution in [3.63, 3.8) is 0 Å².